The Hall–Kier alpha value is -1.99. The lowest BCUT2D eigenvalue weighted by molar-refractivity contribution is -0.146. The lowest BCUT2D eigenvalue weighted by Gasteiger charge is -2.13. The van der Waals surface area contributed by atoms with E-state index in [1.54, 1.807) is 19.1 Å². The Kier molecular flexibility index (Phi) is 5.34. The Morgan fingerprint density at radius 2 is 1.92 bits per heavy atom. The Labute approximate surface area is 153 Å². The molecule has 0 spiro atoms. The van der Waals surface area contributed by atoms with E-state index in [1.165, 1.54) is 41.6 Å². The van der Waals surface area contributed by atoms with Crippen LogP contribution in [0.4, 0.5) is 4.39 Å². The molecule has 0 aliphatic heterocycles. The molecule has 3 rings (SSSR count). The number of fused-ring (bicyclic) bond motifs is 1. The largest absolute Gasteiger partial charge is 0.462 e. The van der Waals surface area contributed by atoms with E-state index in [4.69, 9.17) is 4.74 Å². The zero-order chi connectivity index (χ0) is 18.0. The van der Waals surface area contributed by atoms with Crippen LogP contribution in [0.15, 0.2) is 41.0 Å². The average molecular weight is 376 g/mol. The quantitative estimate of drug-likeness (QED) is 0.359. The van der Waals surface area contributed by atoms with Gasteiger partial charge in [-0.05, 0) is 38.5 Å². The van der Waals surface area contributed by atoms with Gasteiger partial charge in [-0.15, -0.1) is 11.3 Å². The first kappa shape index (κ1) is 17.8. The fraction of sp³-hybridized carbons (Fsp3) is 0.278. The first-order valence-electron chi connectivity index (χ1n) is 7.81. The third-order valence-corrected chi connectivity index (χ3v) is 5.43. The number of carbonyl (C=O) groups excluding carboxylic acids is 1. The molecule has 1 aromatic carbocycles. The maximum atomic E-state index is 13.2. The van der Waals surface area contributed by atoms with Gasteiger partial charge >= 0.3 is 5.97 Å². The van der Waals surface area contributed by atoms with E-state index in [2.05, 4.69) is 9.97 Å². The summed E-state index contributed by atoms with van der Waals surface area (Å²) in [6, 6.07) is 6.32. The number of esters is 1. The Bertz CT molecular complexity index is 894. The van der Waals surface area contributed by atoms with E-state index in [0.29, 0.717) is 0 Å². The van der Waals surface area contributed by atoms with Crippen molar-refractivity contribution in [3.8, 4) is 11.1 Å². The number of benzene rings is 1. The second-order valence-electron chi connectivity index (χ2n) is 5.76. The average Bonchev–Trinajstić information content (AvgIpc) is 3.00. The van der Waals surface area contributed by atoms with Crippen molar-refractivity contribution >= 4 is 39.3 Å². The van der Waals surface area contributed by atoms with E-state index >= 15 is 0 Å². The summed E-state index contributed by atoms with van der Waals surface area (Å²) in [7, 11) is 0. The van der Waals surface area contributed by atoms with Gasteiger partial charge in [-0.3, -0.25) is 4.79 Å². The topological polar surface area (TPSA) is 52.1 Å². The third-order valence-electron chi connectivity index (χ3n) is 3.46. The van der Waals surface area contributed by atoms with E-state index < -0.39 is 0 Å². The van der Waals surface area contributed by atoms with Crippen LogP contribution in [0.1, 0.15) is 20.8 Å². The van der Waals surface area contributed by atoms with Crippen molar-refractivity contribution < 1.29 is 13.9 Å². The van der Waals surface area contributed by atoms with Gasteiger partial charge < -0.3 is 4.74 Å². The number of ether oxygens (including phenoxy) is 1. The number of nitrogens with zero attached hydrogens (tertiary/aromatic N) is 2. The first-order valence-corrected chi connectivity index (χ1v) is 9.57. The number of carbonyl (C=O) groups is 1. The number of hydrogen-bond acceptors (Lipinski definition) is 6. The molecule has 0 radical (unpaired) electrons. The van der Waals surface area contributed by atoms with Crippen LogP contribution in [0.2, 0.25) is 0 Å². The van der Waals surface area contributed by atoms with Crippen molar-refractivity contribution in [3.05, 3.63) is 41.8 Å². The molecule has 2 aromatic heterocycles. The van der Waals surface area contributed by atoms with Crippen LogP contribution in [0, 0.1) is 5.82 Å². The van der Waals surface area contributed by atoms with E-state index in [9.17, 15) is 9.18 Å². The summed E-state index contributed by atoms with van der Waals surface area (Å²) in [6.07, 6.45) is 1.34. The second-order valence-corrected chi connectivity index (χ2v) is 7.95. The molecule has 0 saturated heterocycles. The maximum absolute atomic E-state index is 13.2. The zero-order valence-electron chi connectivity index (χ0n) is 14.0. The molecule has 3 aromatic rings. The summed E-state index contributed by atoms with van der Waals surface area (Å²) in [4.78, 5) is 21.6. The summed E-state index contributed by atoms with van der Waals surface area (Å²) < 4.78 is 18.5. The van der Waals surface area contributed by atoms with E-state index in [-0.39, 0.29) is 23.1 Å². The molecule has 0 amide bonds. The third kappa shape index (κ3) is 3.99. The fourth-order valence-electron chi connectivity index (χ4n) is 2.32. The zero-order valence-corrected chi connectivity index (χ0v) is 15.7. The lowest BCUT2D eigenvalue weighted by atomic mass is 10.1. The normalized spacial score (nSPS) is 12.5. The van der Waals surface area contributed by atoms with Crippen LogP contribution in [0.5, 0.6) is 0 Å². The molecule has 0 aliphatic rings. The molecule has 0 N–H and O–H groups in total. The van der Waals surface area contributed by atoms with Crippen LogP contribution in [-0.4, -0.2) is 27.3 Å². The summed E-state index contributed by atoms with van der Waals surface area (Å²) in [5.74, 6) is -0.551. The van der Waals surface area contributed by atoms with Gasteiger partial charge in [0.1, 0.15) is 27.3 Å². The predicted molar refractivity (Wildman–Crippen MR) is 99.4 cm³/mol. The minimum Gasteiger partial charge on any atom is -0.462 e. The van der Waals surface area contributed by atoms with Gasteiger partial charge in [-0.2, -0.15) is 0 Å². The Morgan fingerprint density at radius 3 is 2.60 bits per heavy atom. The van der Waals surface area contributed by atoms with Crippen LogP contribution in [0.25, 0.3) is 21.3 Å². The number of halogens is 1. The molecular weight excluding hydrogens is 359 g/mol. The highest BCUT2D eigenvalue weighted by molar-refractivity contribution is 8.00. The van der Waals surface area contributed by atoms with Gasteiger partial charge in [0, 0.05) is 10.9 Å². The van der Waals surface area contributed by atoms with Gasteiger partial charge in [-0.1, -0.05) is 23.9 Å². The molecule has 4 nitrogen and oxygen atoms in total. The van der Waals surface area contributed by atoms with Crippen molar-refractivity contribution in [1.29, 1.82) is 0 Å². The number of rotatable bonds is 5. The molecule has 0 bridgehead atoms. The predicted octanol–water partition coefficient (Wildman–Crippen LogP) is 4.93. The molecule has 0 unspecified atom stereocenters. The summed E-state index contributed by atoms with van der Waals surface area (Å²) in [5, 5.41) is 3.20. The van der Waals surface area contributed by atoms with Crippen LogP contribution in [-0.2, 0) is 9.53 Å². The molecule has 0 fully saturated rings. The highest BCUT2D eigenvalue weighted by atomic mass is 32.2. The molecule has 0 aliphatic carbocycles. The highest BCUT2D eigenvalue weighted by Gasteiger charge is 2.21. The van der Waals surface area contributed by atoms with Gasteiger partial charge in [0.15, 0.2) is 0 Å². The molecule has 7 heteroatoms. The first-order chi connectivity index (χ1) is 12.0. The van der Waals surface area contributed by atoms with Crippen LogP contribution in [0.3, 0.4) is 0 Å². The Morgan fingerprint density at radius 1 is 1.20 bits per heavy atom. The highest BCUT2D eigenvalue weighted by Crippen LogP contribution is 2.39. The lowest BCUT2D eigenvalue weighted by Crippen LogP contribution is -2.20. The molecular formula is C18H17FN2O2S2. The Balaban J connectivity index is 1.97. The number of thiophene rings is 1. The standard InChI is InChI=1S/C18H17FN2O2S2/c1-10(2)23-18(22)11(3)25-17-15-14(8-24-16(15)20-9-21-17)12-4-6-13(19)7-5-12/h4-11H,1-3H3/t11-/m1/s1. The second kappa shape index (κ2) is 7.49. The van der Waals surface area contributed by atoms with Gasteiger partial charge in [0.05, 0.1) is 11.5 Å². The number of hydrogen-bond donors (Lipinski definition) is 0. The van der Waals surface area contributed by atoms with Gasteiger partial charge in [0.2, 0.25) is 0 Å². The minimum atomic E-state index is -0.388. The summed E-state index contributed by atoms with van der Waals surface area (Å²) >= 11 is 2.85. The van der Waals surface area contributed by atoms with E-state index in [1.807, 2.05) is 19.2 Å². The molecule has 0 saturated carbocycles. The van der Waals surface area contributed by atoms with Crippen molar-refractivity contribution in [1.82, 2.24) is 9.97 Å². The molecule has 130 valence electrons. The van der Waals surface area contributed by atoms with Crippen molar-refractivity contribution in [3.63, 3.8) is 0 Å². The fourth-order valence-corrected chi connectivity index (χ4v) is 4.22. The SMILES string of the molecule is CC(C)OC(=O)[C@@H](C)Sc1ncnc2scc(-c3ccc(F)cc3)c12. The minimum absolute atomic E-state index is 0.156. The van der Waals surface area contributed by atoms with Crippen molar-refractivity contribution in [2.75, 3.05) is 0 Å². The molecule has 25 heavy (non-hydrogen) atoms. The van der Waals surface area contributed by atoms with Gasteiger partial charge in [0.25, 0.3) is 0 Å². The van der Waals surface area contributed by atoms with E-state index in [0.717, 1.165) is 26.4 Å². The smallest absolute Gasteiger partial charge is 0.319 e. The maximum Gasteiger partial charge on any atom is 0.319 e. The van der Waals surface area contributed by atoms with Crippen molar-refractivity contribution in [2.24, 2.45) is 0 Å². The molecule has 1 atom stereocenters. The summed E-state index contributed by atoms with van der Waals surface area (Å²) in [5.41, 5.74) is 1.83. The van der Waals surface area contributed by atoms with Gasteiger partial charge in [-0.25, -0.2) is 14.4 Å². The van der Waals surface area contributed by atoms with Crippen LogP contribution >= 0.6 is 23.1 Å². The van der Waals surface area contributed by atoms with Crippen molar-refractivity contribution in [2.45, 2.75) is 37.2 Å². The monoisotopic (exact) mass is 376 g/mol. The summed E-state index contributed by atoms with van der Waals surface area (Å²) in [6.45, 7) is 5.45. The number of thioether (sulfide) groups is 1. The van der Waals surface area contributed by atoms with Crippen LogP contribution < -0.4 is 0 Å². The number of aromatic nitrogens is 2. The molecule has 2 heterocycles.